The van der Waals surface area contributed by atoms with E-state index in [9.17, 15) is 13.8 Å². The number of allylic oxidation sites excluding steroid dienone is 1. The summed E-state index contributed by atoms with van der Waals surface area (Å²) < 4.78 is 19.5. The van der Waals surface area contributed by atoms with Gasteiger partial charge < -0.3 is 14.8 Å². The number of rotatable bonds is 6. The first-order valence-corrected chi connectivity index (χ1v) is 7.57. The van der Waals surface area contributed by atoms with Crippen molar-refractivity contribution >= 4 is 28.6 Å². The second kappa shape index (κ2) is 8.33. The molecule has 2 N–H and O–H groups in total. The normalized spacial score (nSPS) is 12.6. The van der Waals surface area contributed by atoms with E-state index in [1.54, 1.807) is 31.2 Å². The summed E-state index contributed by atoms with van der Waals surface area (Å²) in [5, 5.41) is 2.67. The molecule has 6 nitrogen and oxygen atoms in total. The summed E-state index contributed by atoms with van der Waals surface area (Å²) in [6.45, 7) is 3.03. The molecule has 0 aliphatic rings. The standard InChI is InChI=1S/C14H18N2O4S/c1-11(16(12(2)17)8-9-21(19)20)10-14(18)15-13-6-4-3-5-7-13/h3-7,10H,8-9H2,1-2H3,(H,15,18)(H,19,20)/b11-10+. The molecule has 0 fully saturated rings. The van der Waals surface area contributed by atoms with Crippen LogP contribution in [0.5, 0.6) is 0 Å². The van der Waals surface area contributed by atoms with E-state index < -0.39 is 11.1 Å². The van der Waals surface area contributed by atoms with Gasteiger partial charge in [-0.3, -0.25) is 9.59 Å². The number of hydrogen-bond donors (Lipinski definition) is 2. The third-order valence-corrected chi connectivity index (χ3v) is 3.21. The first-order chi connectivity index (χ1) is 9.90. The van der Waals surface area contributed by atoms with E-state index in [4.69, 9.17) is 4.55 Å². The van der Waals surface area contributed by atoms with E-state index in [2.05, 4.69) is 5.32 Å². The summed E-state index contributed by atoms with van der Waals surface area (Å²) in [4.78, 5) is 24.7. The van der Waals surface area contributed by atoms with Crippen LogP contribution in [0.1, 0.15) is 13.8 Å². The van der Waals surface area contributed by atoms with E-state index in [-0.39, 0.29) is 24.1 Å². The minimum atomic E-state index is -1.99. The molecule has 0 saturated heterocycles. The van der Waals surface area contributed by atoms with Crippen molar-refractivity contribution in [3.8, 4) is 0 Å². The summed E-state index contributed by atoms with van der Waals surface area (Å²) >= 11 is -1.99. The van der Waals surface area contributed by atoms with Gasteiger partial charge >= 0.3 is 0 Å². The van der Waals surface area contributed by atoms with Gasteiger partial charge in [0.1, 0.15) is 0 Å². The maximum absolute atomic E-state index is 11.9. The molecule has 0 saturated carbocycles. The third-order valence-electron chi connectivity index (χ3n) is 2.68. The van der Waals surface area contributed by atoms with Crippen LogP contribution in [-0.4, -0.2) is 37.8 Å². The molecule has 114 valence electrons. The smallest absolute Gasteiger partial charge is 0.250 e. The monoisotopic (exact) mass is 310 g/mol. The largest absolute Gasteiger partial charge is 0.322 e. The Morgan fingerprint density at radius 1 is 1.29 bits per heavy atom. The molecule has 0 aromatic heterocycles. The number of carbonyl (C=O) groups excluding carboxylic acids is 2. The highest BCUT2D eigenvalue weighted by Gasteiger charge is 2.13. The quantitative estimate of drug-likeness (QED) is 0.617. The van der Waals surface area contributed by atoms with E-state index >= 15 is 0 Å². The number of hydrogen-bond acceptors (Lipinski definition) is 3. The Kier molecular flexibility index (Phi) is 6.77. The van der Waals surface area contributed by atoms with Gasteiger partial charge in [-0.25, -0.2) is 4.21 Å². The SMILES string of the molecule is CC(=O)N(CCS(=O)O)/C(C)=C/C(=O)Nc1ccccc1. The van der Waals surface area contributed by atoms with Gasteiger partial charge in [0.15, 0.2) is 11.1 Å². The number of carbonyl (C=O) groups is 2. The zero-order valence-electron chi connectivity index (χ0n) is 11.9. The second-order valence-corrected chi connectivity index (χ2v) is 5.39. The van der Waals surface area contributed by atoms with Crippen LogP contribution in [-0.2, 0) is 20.7 Å². The molecule has 0 aliphatic heterocycles. The van der Waals surface area contributed by atoms with Crippen LogP contribution in [0.3, 0.4) is 0 Å². The van der Waals surface area contributed by atoms with Gasteiger partial charge in [-0.1, -0.05) is 18.2 Å². The van der Waals surface area contributed by atoms with Crippen LogP contribution in [0.4, 0.5) is 5.69 Å². The van der Waals surface area contributed by atoms with Crippen molar-refractivity contribution in [2.75, 3.05) is 17.6 Å². The molecule has 1 rings (SSSR count). The van der Waals surface area contributed by atoms with E-state index in [1.807, 2.05) is 6.07 Å². The molecule has 0 aliphatic carbocycles. The molecule has 0 heterocycles. The molecule has 0 radical (unpaired) electrons. The van der Waals surface area contributed by atoms with Gasteiger partial charge in [0.05, 0.1) is 5.75 Å². The lowest BCUT2D eigenvalue weighted by atomic mass is 10.3. The van der Waals surface area contributed by atoms with Crippen LogP contribution in [0.25, 0.3) is 0 Å². The lowest BCUT2D eigenvalue weighted by Gasteiger charge is -2.20. The average Bonchev–Trinajstić information content (AvgIpc) is 2.38. The van der Waals surface area contributed by atoms with Gasteiger partial charge in [-0.15, -0.1) is 0 Å². The summed E-state index contributed by atoms with van der Waals surface area (Å²) in [6, 6.07) is 8.93. The molecule has 21 heavy (non-hydrogen) atoms. The number of anilines is 1. The molecular formula is C14H18N2O4S. The topological polar surface area (TPSA) is 86.7 Å². The number of para-hydroxylation sites is 1. The minimum absolute atomic E-state index is 0.0644. The molecule has 1 atom stereocenters. The fourth-order valence-corrected chi connectivity index (χ4v) is 2.06. The number of amides is 2. The van der Waals surface area contributed by atoms with Gasteiger partial charge in [0.2, 0.25) is 11.8 Å². The Balaban J connectivity index is 2.72. The van der Waals surface area contributed by atoms with Crippen LogP contribution in [0, 0.1) is 0 Å². The highest BCUT2D eigenvalue weighted by molar-refractivity contribution is 7.79. The molecular weight excluding hydrogens is 292 g/mol. The van der Waals surface area contributed by atoms with Crippen molar-refractivity contribution in [2.45, 2.75) is 13.8 Å². The Morgan fingerprint density at radius 2 is 1.90 bits per heavy atom. The Labute approximate surface area is 126 Å². The van der Waals surface area contributed by atoms with Crippen molar-refractivity contribution in [1.82, 2.24) is 4.90 Å². The maximum atomic E-state index is 11.9. The van der Waals surface area contributed by atoms with Crippen molar-refractivity contribution in [3.05, 3.63) is 42.1 Å². The van der Waals surface area contributed by atoms with Gasteiger partial charge in [-0.2, -0.15) is 0 Å². The molecule has 2 amide bonds. The number of nitrogens with one attached hydrogen (secondary N) is 1. The number of benzene rings is 1. The second-order valence-electron chi connectivity index (χ2n) is 4.34. The minimum Gasteiger partial charge on any atom is -0.322 e. The first-order valence-electron chi connectivity index (χ1n) is 6.30. The zero-order valence-corrected chi connectivity index (χ0v) is 12.7. The fourth-order valence-electron chi connectivity index (χ4n) is 1.72. The summed E-state index contributed by atoms with van der Waals surface area (Å²) in [6.07, 6.45) is 1.29. The molecule has 0 spiro atoms. The predicted octanol–water partition coefficient (Wildman–Crippen LogP) is 1.60. The Hall–Kier alpha value is -1.99. The van der Waals surface area contributed by atoms with Crippen LogP contribution < -0.4 is 5.32 Å². The highest BCUT2D eigenvalue weighted by Crippen LogP contribution is 2.08. The number of nitrogens with zero attached hydrogens (tertiary/aromatic N) is 1. The maximum Gasteiger partial charge on any atom is 0.250 e. The van der Waals surface area contributed by atoms with Gasteiger partial charge in [0, 0.05) is 30.9 Å². The zero-order chi connectivity index (χ0) is 15.8. The van der Waals surface area contributed by atoms with Gasteiger partial charge in [-0.05, 0) is 19.1 Å². The summed E-state index contributed by atoms with van der Waals surface area (Å²) in [5.74, 6) is -0.720. The molecule has 0 bridgehead atoms. The Bertz CT molecular complexity index is 557. The molecule has 1 aromatic carbocycles. The van der Waals surface area contributed by atoms with Crippen LogP contribution in [0.2, 0.25) is 0 Å². The van der Waals surface area contributed by atoms with Crippen molar-refractivity contribution in [2.24, 2.45) is 0 Å². The average molecular weight is 310 g/mol. The van der Waals surface area contributed by atoms with E-state index in [0.29, 0.717) is 11.4 Å². The van der Waals surface area contributed by atoms with E-state index in [0.717, 1.165) is 0 Å². The van der Waals surface area contributed by atoms with Crippen molar-refractivity contribution < 1.29 is 18.4 Å². The summed E-state index contributed by atoms with van der Waals surface area (Å²) in [7, 11) is 0. The first kappa shape index (κ1) is 17.1. The predicted molar refractivity (Wildman–Crippen MR) is 81.9 cm³/mol. The fraction of sp³-hybridized carbons (Fsp3) is 0.286. The van der Waals surface area contributed by atoms with Crippen molar-refractivity contribution in [3.63, 3.8) is 0 Å². The lowest BCUT2D eigenvalue weighted by Crippen LogP contribution is -2.31. The van der Waals surface area contributed by atoms with Crippen LogP contribution >= 0.6 is 0 Å². The Morgan fingerprint density at radius 3 is 2.43 bits per heavy atom. The van der Waals surface area contributed by atoms with Gasteiger partial charge in [0.25, 0.3) is 0 Å². The van der Waals surface area contributed by atoms with Crippen LogP contribution in [0.15, 0.2) is 42.1 Å². The van der Waals surface area contributed by atoms with E-state index in [1.165, 1.54) is 17.9 Å². The third kappa shape index (κ3) is 6.33. The molecule has 1 aromatic rings. The summed E-state index contributed by atoms with van der Waals surface area (Å²) in [5.41, 5.74) is 1.07. The van der Waals surface area contributed by atoms with Crippen molar-refractivity contribution in [1.29, 1.82) is 0 Å². The molecule has 1 unspecified atom stereocenters. The highest BCUT2D eigenvalue weighted by atomic mass is 32.2. The molecule has 7 heteroatoms. The lowest BCUT2D eigenvalue weighted by molar-refractivity contribution is -0.126.